The van der Waals surface area contributed by atoms with Gasteiger partial charge in [-0.1, -0.05) is 26.0 Å². The molecule has 1 aliphatic rings. The van der Waals surface area contributed by atoms with Gasteiger partial charge < -0.3 is 14.8 Å². The first kappa shape index (κ1) is 14.4. The Morgan fingerprint density at radius 2 is 2.21 bits per heavy atom. The number of ether oxygens (including phenoxy) is 2. The topological polar surface area (TPSA) is 30.5 Å². The van der Waals surface area contributed by atoms with Gasteiger partial charge in [-0.15, -0.1) is 0 Å². The zero-order valence-electron chi connectivity index (χ0n) is 12.2. The molecule has 0 spiro atoms. The number of benzene rings is 1. The van der Waals surface area contributed by atoms with Gasteiger partial charge in [0.2, 0.25) is 0 Å². The van der Waals surface area contributed by atoms with Gasteiger partial charge in [-0.25, -0.2) is 0 Å². The van der Waals surface area contributed by atoms with Crippen LogP contribution >= 0.6 is 0 Å². The highest BCUT2D eigenvalue weighted by Crippen LogP contribution is 2.29. The Balaban J connectivity index is 1.68. The second-order valence-electron chi connectivity index (χ2n) is 5.55. The van der Waals surface area contributed by atoms with Crippen molar-refractivity contribution >= 4 is 0 Å². The lowest BCUT2D eigenvalue weighted by molar-refractivity contribution is 0.137. The Morgan fingerprint density at radius 1 is 1.37 bits per heavy atom. The van der Waals surface area contributed by atoms with E-state index in [-0.39, 0.29) is 0 Å². The van der Waals surface area contributed by atoms with E-state index in [1.54, 1.807) is 0 Å². The SMILES string of the molecule is CC(C)NCCOCCc1ccc2c(c1)CC(C)O2. The van der Waals surface area contributed by atoms with Gasteiger partial charge in [0.05, 0.1) is 13.2 Å². The molecule has 0 radical (unpaired) electrons. The van der Waals surface area contributed by atoms with E-state index in [2.05, 4.69) is 44.3 Å². The molecule has 3 heteroatoms. The molecule has 1 aliphatic heterocycles. The van der Waals surface area contributed by atoms with Crippen molar-refractivity contribution in [3.8, 4) is 5.75 Å². The Hall–Kier alpha value is -1.06. The first-order valence-electron chi connectivity index (χ1n) is 7.24. The van der Waals surface area contributed by atoms with Gasteiger partial charge >= 0.3 is 0 Å². The molecule has 0 bridgehead atoms. The highest BCUT2D eigenvalue weighted by molar-refractivity contribution is 5.40. The van der Waals surface area contributed by atoms with Crippen LogP contribution in [0.1, 0.15) is 31.9 Å². The van der Waals surface area contributed by atoms with E-state index in [1.165, 1.54) is 11.1 Å². The third-order valence-electron chi connectivity index (χ3n) is 3.29. The van der Waals surface area contributed by atoms with E-state index >= 15 is 0 Å². The van der Waals surface area contributed by atoms with Crippen molar-refractivity contribution in [1.29, 1.82) is 0 Å². The fourth-order valence-corrected chi connectivity index (χ4v) is 2.34. The summed E-state index contributed by atoms with van der Waals surface area (Å²) < 4.78 is 11.3. The summed E-state index contributed by atoms with van der Waals surface area (Å²) in [4.78, 5) is 0. The molecule has 3 nitrogen and oxygen atoms in total. The van der Waals surface area contributed by atoms with Crippen molar-refractivity contribution in [2.24, 2.45) is 0 Å². The van der Waals surface area contributed by atoms with Crippen LogP contribution in [0.15, 0.2) is 18.2 Å². The van der Waals surface area contributed by atoms with E-state index in [9.17, 15) is 0 Å². The third kappa shape index (κ3) is 4.51. The summed E-state index contributed by atoms with van der Waals surface area (Å²) in [7, 11) is 0. The predicted molar refractivity (Wildman–Crippen MR) is 77.9 cm³/mol. The zero-order chi connectivity index (χ0) is 13.7. The molecule has 0 fully saturated rings. The molecule has 19 heavy (non-hydrogen) atoms. The molecule has 1 N–H and O–H groups in total. The summed E-state index contributed by atoms with van der Waals surface area (Å²) in [6.45, 7) is 8.90. The lowest BCUT2D eigenvalue weighted by atomic mass is 10.1. The minimum atomic E-state index is 0.323. The van der Waals surface area contributed by atoms with Gasteiger partial charge in [-0.05, 0) is 30.5 Å². The molecule has 1 atom stereocenters. The van der Waals surface area contributed by atoms with Gasteiger partial charge in [-0.3, -0.25) is 0 Å². The molecule has 0 aliphatic carbocycles. The number of rotatable bonds is 7. The van der Waals surface area contributed by atoms with Crippen LogP contribution in [0.3, 0.4) is 0 Å². The van der Waals surface area contributed by atoms with Crippen LogP contribution in [-0.4, -0.2) is 31.9 Å². The highest BCUT2D eigenvalue weighted by atomic mass is 16.5. The van der Waals surface area contributed by atoms with Crippen LogP contribution in [0.2, 0.25) is 0 Å². The molecule has 0 saturated heterocycles. The molecule has 2 rings (SSSR count). The molecule has 0 saturated carbocycles. The maximum atomic E-state index is 5.70. The molecule has 1 aromatic rings. The smallest absolute Gasteiger partial charge is 0.123 e. The summed E-state index contributed by atoms with van der Waals surface area (Å²) in [5, 5.41) is 3.34. The van der Waals surface area contributed by atoms with Gasteiger partial charge in [-0.2, -0.15) is 0 Å². The summed E-state index contributed by atoms with van der Waals surface area (Å²) in [5.74, 6) is 1.05. The zero-order valence-corrected chi connectivity index (χ0v) is 12.2. The van der Waals surface area contributed by atoms with Crippen molar-refractivity contribution in [3.05, 3.63) is 29.3 Å². The molecule has 1 unspecified atom stereocenters. The first-order valence-corrected chi connectivity index (χ1v) is 7.24. The fourth-order valence-electron chi connectivity index (χ4n) is 2.34. The van der Waals surface area contributed by atoms with Crippen molar-refractivity contribution in [1.82, 2.24) is 5.32 Å². The molecule has 0 amide bonds. The summed E-state index contributed by atoms with van der Waals surface area (Å²) in [6.07, 6.45) is 2.33. The maximum Gasteiger partial charge on any atom is 0.123 e. The molecular weight excluding hydrogens is 238 g/mol. The van der Waals surface area contributed by atoms with Gasteiger partial charge in [0.25, 0.3) is 0 Å². The van der Waals surface area contributed by atoms with Crippen LogP contribution < -0.4 is 10.1 Å². The van der Waals surface area contributed by atoms with Crippen molar-refractivity contribution in [3.63, 3.8) is 0 Å². The summed E-state index contributed by atoms with van der Waals surface area (Å²) in [6, 6.07) is 7.03. The Morgan fingerprint density at radius 3 is 3.00 bits per heavy atom. The average molecular weight is 263 g/mol. The average Bonchev–Trinajstić information content (AvgIpc) is 2.72. The van der Waals surface area contributed by atoms with E-state index in [4.69, 9.17) is 9.47 Å². The maximum absolute atomic E-state index is 5.70. The number of hydrogen-bond acceptors (Lipinski definition) is 3. The Labute approximate surface area is 116 Å². The van der Waals surface area contributed by atoms with E-state index in [0.29, 0.717) is 12.1 Å². The lowest BCUT2D eigenvalue weighted by Crippen LogP contribution is -2.26. The quantitative estimate of drug-likeness (QED) is 0.767. The lowest BCUT2D eigenvalue weighted by Gasteiger charge is -2.09. The molecular formula is C16H25NO2. The minimum absolute atomic E-state index is 0.323. The molecule has 106 valence electrons. The van der Waals surface area contributed by atoms with Crippen LogP contribution in [0, 0.1) is 0 Å². The van der Waals surface area contributed by atoms with Crippen LogP contribution in [-0.2, 0) is 17.6 Å². The van der Waals surface area contributed by atoms with Crippen molar-refractivity contribution < 1.29 is 9.47 Å². The van der Waals surface area contributed by atoms with Crippen LogP contribution in [0.5, 0.6) is 5.75 Å². The fraction of sp³-hybridized carbons (Fsp3) is 0.625. The van der Waals surface area contributed by atoms with E-state index < -0.39 is 0 Å². The second-order valence-corrected chi connectivity index (χ2v) is 5.55. The van der Waals surface area contributed by atoms with E-state index in [1.807, 2.05) is 0 Å². The minimum Gasteiger partial charge on any atom is -0.490 e. The van der Waals surface area contributed by atoms with E-state index in [0.717, 1.165) is 38.3 Å². The highest BCUT2D eigenvalue weighted by Gasteiger charge is 2.18. The predicted octanol–water partition coefficient (Wildman–Crippen LogP) is 2.57. The third-order valence-corrected chi connectivity index (χ3v) is 3.29. The van der Waals surface area contributed by atoms with Crippen LogP contribution in [0.25, 0.3) is 0 Å². The summed E-state index contributed by atoms with van der Waals surface area (Å²) >= 11 is 0. The molecule has 0 aromatic heterocycles. The largest absolute Gasteiger partial charge is 0.490 e. The second kappa shape index (κ2) is 6.92. The Bertz CT molecular complexity index is 404. The summed E-state index contributed by atoms with van der Waals surface area (Å²) in [5.41, 5.74) is 2.68. The number of hydrogen-bond donors (Lipinski definition) is 1. The first-order chi connectivity index (χ1) is 9.15. The van der Waals surface area contributed by atoms with Crippen LogP contribution in [0.4, 0.5) is 0 Å². The molecule has 1 aromatic carbocycles. The standard InChI is InChI=1S/C16H25NO2/c1-12(2)17-7-9-18-8-6-14-4-5-16-15(11-14)10-13(3)19-16/h4-5,11-13,17H,6-10H2,1-3H3. The monoisotopic (exact) mass is 263 g/mol. The number of nitrogens with one attached hydrogen (secondary N) is 1. The number of fused-ring (bicyclic) bond motifs is 1. The normalized spacial score (nSPS) is 17.6. The molecule has 1 heterocycles. The Kier molecular flexibility index (Phi) is 5.23. The van der Waals surface area contributed by atoms with Gasteiger partial charge in [0.15, 0.2) is 0 Å². The van der Waals surface area contributed by atoms with Gasteiger partial charge in [0, 0.05) is 19.0 Å². The van der Waals surface area contributed by atoms with Crippen molar-refractivity contribution in [2.75, 3.05) is 19.8 Å². The van der Waals surface area contributed by atoms with Gasteiger partial charge in [0.1, 0.15) is 11.9 Å². The van der Waals surface area contributed by atoms with Crippen molar-refractivity contribution in [2.45, 2.75) is 45.8 Å².